The molecule has 3 N–H and O–H groups in total. The smallest absolute Gasteiger partial charge is 0.271 e. The van der Waals surface area contributed by atoms with Crippen molar-refractivity contribution in [3.05, 3.63) is 53.3 Å². The van der Waals surface area contributed by atoms with Crippen LogP contribution in [0.1, 0.15) is 28.7 Å². The highest BCUT2D eigenvalue weighted by Crippen LogP contribution is 2.26. The first-order valence-corrected chi connectivity index (χ1v) is 7.82. The Bertz CT molecular complexity index is 976. The van der Waals surface area contributed by atoms with Crippen LogP contribution in [0.4, 0.5) is 0 Å². The minimum absolute atomic E-state index is 0.248. The highest BCUT2D eigenvalue weighted by atomic mass is 16.3. The molecule has 0 unspecified atom stereocenters. The van der Waals surface area contributed by atoms with E-state index in [2.05, 4.69) is 20.1 Å². The molecular weight excluding hydrogens is 320 g/mol. The second-order valence-corrected chi connectivity index (χ2v) is 5.52. The number of para-hydroxylation sites is 1. The van der Waals surface area contributed by atoms with Gasteiger partial charge in [-0.25, -0.2) is 10.4 Å². The molecular formula is C18H18N4O3. The molecule has 0 saturated heterocycles. The van der Waals surface area contributed by atoms with Crippen LogP contribution in [0.15, 0.2) is 41.5 Å². The van der Waals surface area contributed by atoms with E-state index in [9.17, 15) is 15.0 Å². The number of aromatic nitrogens is 2. The summed E-state index contributed by atoms with van der Waals surface area (Å²) in [5.74, 6) is -0.0287. The van der Waals surface area contributed by atoms with Crippen LogP contribution in [0.25, 0.3) is 11.0 Å². The van der Waals surface area contributed by atoms with Crippen molar-refractivity contribution in [1.29, 1.82) is 0 Å². The second-order valence-electron chi connectivity index (χ2n) is 5.52. The number of rotatable bonds is 4. The molecule has 1 aromatic heterocycles. The van der Waals surface area contributed by atoms with Gasteiger partial charge in [0.2, 0.25) is 0 Å². The number of fused-ring (bicyclic) bond motifs is 1. The number of carbonyl (C=O) groups excluding carboxylic acids is 1. The van der Waals surface area contributed by atoms with E-state index < -0.39 is 0 Å². The molecule has 0 spiro atoms. The summed E-state index contributed by atoms with van der Waals surface area (Å²) in [6.45, 7) is 4.78. The highest BCUT2D eigenvalue weighted by molar-refractivity contribution is 5.98. The molecule has 2 aromatic carbocycles. The summed E-state index contributed by atoms with van der Waals surface area (Å²) in [7, 11) is 0. The fourth-order valence-corrected chi connectivity index (χ4v) is 2.67. The molecule has 128 valence electrons. The number of imidazole rings is 1. The summed E-state index contributed by atoms with van der Waals surface area (Å²) >= 11 is 0. The van der Waals surface area contributed by atoms with Gasteiger partial charge in [-0.15, -0.1) is 0 Å². The molecule has 0 aliphatic rings. The maximum atomic E-state index is 12.2. The summed E-state index contributed by atoms with van der Waals surface area (Å²) in [4.78, 5) is 16.7. The monoisotopic (exact) mass is 338 g/mol. The number of aryl methyl sites for hydroxylation is 2. The average Bonchev–Trinajstić information content (AvgIpc) is 2.92. The number of phenols is 2. The fraction of sp³-hybridized carbons (Fsp3) is 0.167. The van der Waals surface area contributed by atoms with Crippen molar-refractivity contribution in [2.75, 3.05) is 0 Å². The summed E-state index contributed by atoms with van der Waals surface area (Å²) in [5, 5.41) is 22.9. The highest BCUT2D eigenvalue weighted by Gasteiger charge is 2.10. The number of aromatic hydroxyl groups is 2. The zero-order valence-electron chi connectivity index (χ0n) is 13.9. The number of benzene rings is 2. The van der Waals surface area contributed by atoms with Crippen molar-refractivity contribution in [2.45, 2.75) is 20.4 Å². The van der Waals surface area contributed by atoms with Crippen LogP contribution in [0.5, 0.6) is 11.5 Å². The lowest BCUT2D eigenvalue weighted by Crippen LogP contribution is -2.17. The molecule has 0 saturated carbocycles. The Hall–Kier alpha value is -3.35. The van der Waals surface area contributed by atoms with Crippen molar-refractivity contribution in [2.24, 2.45) is 5.10 Å². The maximum absolute atomic E-state index is 12.2. The number of phenolic OH excluding ortho intramolecular Hbond substituents is 2. The van der Waals surface area contributed by atoms with Gasteiger partial charge in [0, 0.05) is 17.7 Å². The van der Waals surface area contributed by atoms with Crippen molar-refractivity contribution < 1.29 is 15.0 Å². The zero-order valence-corrected chi connectivity index (χ0v) is 13.9. The molecule has 0 fully saturated rings. The Morgan fingerprint density at radius 3 is 2.88 bits per heavy atom. The third kappa shape index (κ3) is 3.16. The third-order valence-electron chi connectivity index (χ3n) is 3.93. The topological polar surface area (TPSA) is 99.7 Å². The van der Waals surface area contributed by atoms with Crippen molar-refractivity contribution >= 4 is 23.2 Å². The maximum Gasteiger partial charge on any atom is 0.271 e. The largest absolute Gasteiger partial charge is 0.504 e. The van der Waals surface area contributed by atoms with Gasteiger partial charge in [-0.05, 0) is 44.2 Å². The fourth-order valence-electron chi connectivity index (χ4n) is 2.67. The molecule has 7 nitrogen and oxygen atoms in total. The number of carbonyl (C=O) groups is 1. The molecule has 1 heterocycles. The summed E-state index contributed by atoms with van der Waals surface area (Å²) < 4.78 is 2.07. The Kier molecular flexibility index (Phi) is 4.38. The standard InChI is InChI=1S/C18H18N4O3/c1-3-22-11(2)20-14-9-12(7-8-15(14)22)18(25)21-19-10-13-5-4-6-16(23)17(13)24/h4-10,23-24H,3H2,1-2H3,(H,21,25)/b19-10+. The van der Waals surface area contributed by atoms with E-state index in [1.54, 1.807) is 24.3 Å². The van der Waals surface area contributed by atoms with Crippen LogP contribution in [-0.4, -0.2) is 31.9 Å². The lowest BCUT2D eigenvalue weighted by atomic mass is 10.2. The number of amides is 1. The first-order valence-electron chi connectivity index (χ1n) is 7.82. The van der Waals surface area contributed by atoms with E-state index in [0.717, 1.165) is 23.4 Å². The first-order chi connectivity index (χ1) is 12.0. The molecule has 7 heteroatoms. The van der Waals surface area contributed by atoms with Gasteiger partial charge in [-0.3, -0.25) is 4.79 Å². The molecule has 3 aromatic rings. The van der Waals surface area contributed by atoms with Crippen molar-refractivity contribution in [1.82, 2.24) is 15.0 Å². The van der Waals surface area contributed by atoms with Gasteiger partial charge in [-0.2, -0.15) is 5.10 Å². The Morgan fingerprint density at radius 1 is 1.32 bits per heavy atom. The Balaban J connectivity index is 1.78. The average molecular weight is 338 g/mol. The van der Waals surface area contributed by atoms with E-state index in [1.807, 2.05) is 19.9 Å². The predicted octanol–water partition coefficient (Wildman–Crippen LogP) is 2.54. The van der Waals surface area contributed by atoms with Crippen LogP contribution in [-0.2, 0) is 6.54 Å². The predicted molar refractivity (Wildman–Crippen MR) is 95.0 cm³/mol. The van der Waals surface area contributed by atoms with E-state index in [-0.39, 0.29) is 17.4 Å². The molecule has 0 bridgehead atoms. The van der Waals surface area contributed by atoms with Crippen LogP contribution in [0, 0.1) is 6.92 Å². The minimum atomic E-state index is -0.388. The molecule has 0 atom stereocenters. The lowest BCUT2D eigenvalue weighted by molar-refractivity contribution is 0.0955. The second kappa shape index (κ2) is 6.64. The van der Waals surface area contributed by atoms with Gasteiger partial charge in [0.15, 0.2) is 11.5 Å². The van der Waals surface area contributed by atoms with E-state index in [0.29, 0.717) is 11.1 Å². The van der Waals surface area contributed by atoms with Gasteiger partial charge >= 0.3 is 0 Å². The molecule has 0 radical (unpaired) electrons. The van der Waals surface area contributed by atoms with Gasteiger partial charge in [0.1, 0.15) is 5.82 Å². The normalized spacial score (nSPS) is 11.3. The number of hydrazone groups is 1. The third-order valence-corrected chi connectivity index (χ3v) is 3.93. The van der Waals surface area contributed by atoms with Gasteiger partial charge in [-0.1, -0.05) is 6.07 Å². The number of hydrogen-bond donors (Lipinski definition) is 3. The number of hydrogen-bond acceptors (Lipinski definition) is 5. The van der Waals surface area contributed by atoms with Crippen LogP contribution in [0.2, 0.25) is 0 Å². The van der Waals surface area contributed by atoms with E-state index in [1.165, 1.54) is 12.3 Å². The summed E-state index contributed by atoms with van der Waals surface area (Å²) in [6.07, 6.45) is 1.27. The number of nitrogens with one attached hydrogen (secondary N) is 1. The van der Waals surface area contributed by atoms with Gasteiger partial charge in [0.25, 0.3) is 5.91 Å². The molecule has 25 heavy (non-hydrogen) atoms. The van der Waals surface area contributed by atoms with Crippen LogP contribution >= 0.6 is 0 Å². The Labute approximate surface area is 144 Å². The minimum Gasteiger partial charge on any atom is -0.504 e. The quantitative estimate of drug-likeness (QED) is 0.387. The van der Waals surface area contributed by atoms with E-state index in [4.69, 9.17) is 0 Å². The molecule has 3 rings (SSSR count). The molecule has 1 amide bonds. The van der Waals surface area contributed by atoms with Crippen molar-refractivity contribution in [3.63, 3.8) is 0 Å². The molecule has 0 aliphatic heterocycles. The van der Waals surface area contributed by atoms with Gasteiger partial charge < -0.3 is 14.8 Å². The first kappa shape index (κ1) is 16.5. The van der Waals surface area contributed by atoms with E-state index >= 15 is 0 Å². The van der Waals surface area contributed by atoms with Crippen LogP contribution < -0.4 is 5.43 Å². The summed E-state index contributed by atoms with van der Waals surface area (Å²) in [6, 6.07) is 9.78. The Morgan fingerprint density at radius 2 is 2.12 bits per heavy atom. The van der Waals surface area contributed by atoms with Gasteiger partial charge in [0.05, 0.1) is 17.2 Å². The summed E-state index contributed by atoms with van der Waals surface area (Å²) in [5.41, 5.74) is 4.86. The zero-order chi connectivity index (χ0) is 18.0. The SMILES string of the molecule is CCn1c(C)nc2cc(C(=O)N/N=C/c3cccc(O)c3O)ccc21. The molecule has 0 aliphatic carbocycles. The van der Waals surface area contributed by atoms with Crippen molar-refractivity contribution in [3.8, 4) is 11.5 Å². The lowest BCUT2D eigenvalue weighted by Gasteiger charge is -2.03. The van der Waals surface area contributed by atoms with Crippen LogP contribution in [0.3, 0.4) is 0 Å². The number of nitrogens with zero attached hydrogens (tertiary/aromatic N) is 3.